The number of hydrogen-bond donors (Lipinski definition) is 0. The molecule has 0 atom stereocenters. The monoisotopic (exact) mass is 658 g/mol. The average molecular weight is 659 g/mol. The third kappa shape index (κ3) is 4.60. The molecule has 0 aliphatic heterocycles. The van der Waals surface area contributed by atoms with Crippen LogP contribution in [-0.4, -0.2) is 19.5 Å². The summed E-state index contributed by atoms with van der Waals surface area (Å²) in [6, 6.07) is 4.26. The molecule has 234 valence electrons. The molecule has 0 saturated heterocycles. The third-order valence-corrected chi connectivity index (χ3v) is 8.11. The summed E-state index contributed by atoms with van der Waals surface area (Å²) in [6.45, 7) is 0. The van der Waals surface area contributed by atoms with E-state index in [4.69, 9.17) is 19.5 Å². The molecular weight excluding hydrogens is 613 g/mol. The third-order valence-electron chi connectivity index (χ3n) is 8.11. The second-order valence-corrected chi connectivity index (χ2v) is 11.1. The van der Waals surface area contributed by atoms with Gasteiger partial charge in [-0.1, -0.05) is 133 Å². The smallest absolute Gasteiger partial charge is 0.164 e. The highest BCUT2D eigenvalue weighted by Crippen LogP contribution is 2.39. The van der Waals surface area contributed by atoms with Crippen LogP contribution in [0.1, 0.15) is 24.7 Å². The van der Waals surface area contributed by atoms with E-state index in [0.717, 1.165) is 4.57 Å². The predicted molar refractivity (Wildman–Crippen MR) is 203 cm³/mol. The lowest BCUT2D eigenvalue weighted by atomic mass is 9.99. The first-order valence-electron chi connectivity index (χ1n) is 24.2. The fraction of sp³-hybridized carbons (Fsp3) is 0. The van der Waals surface area contributed by atoms with Crippen LogP contribution < -0.4 is 0 Å². The maximum atomic E-state index is 9.89. The second-order valence-electron chi connectivity index (χ2n) is 11.1. The van der Waals surface area contributed by atoms with E-state index in [9.17, 15) is 9.60 Å². The van der Waals surface area contributed by atoms with E-state index in [0.29, 0.717) is 11.1 Å². The number of furan rings is 1. The fourth-order valence-corrected chi connectivity index (χ4v) is 5.88. The van der Waals surface area contributed by atoms with Gasteiger partial charge >= 0.3 is 0 Å². The molecule has 10 aromatic rings. The van der Waals surface area contributed by atoms with Gasteiger partial charge < -0.3 is 8.98 Å². The van der Waals surface area contributed by atoms with Gasteiger partial charge in [-0.3, -0.25) is 0 Å². The zero-order valence-electron chi connectivity index (χ0n) is 43.5. The Morgan fingerprint density at radius 3 is 1.84 bits per heavy atom. The first-order chi connectivity index (χ1) is 32.3. The zero-order chi connectivity index (χ0) is 48.7. The topological polar surface area (TPSA) is 56.7 Å². The van der Waals surface area contributed by atoms with E-state index in [1.807, 2.05) is 0 Å². The van der Waals surface area contributed by atoms with Crippen molar-refractivity contribution in [3.05, 3.63) is 169 Å². The van der Waals surface area contributed by atoms with Gasteiger partial charge in [-0.15, -0.1) is 0 Å². The highest BCUT2D eigenvalue weighted by molar-refractivity contribution is 6.14. The molecule has 0 amide bonds. The summed E-state index contributed by atoms with van der Waals surface area (Å²) in [6.07, 6.45) is 0. The van der Waals surface area contributed by atoms with Crippen LogP contribution >= 0.6 is 0 Å². The van der Waals surface area contributed by atoms with Crippen molar-refractivity contribution >= 4 is 43.7 Å². The largest absolute Gasteiger partial charge is 0.456 e. The van der Waals surface area contributed by atoms with Crippen molar-refractivity contribution in [2.75, 3.05) is 0 Å². The van der Waals surface area contributed by atoms with Crippen LogP contribution in [0.5, 0.6) is 0 Å². The van der Waals surface area contributed by atoms with Gasteiger partial charge in [-0.25, -0.2) is 15.0 Å². The minimum absolute atomic E-state index is 0.138. The average Bonchev–Trinajstić information content (AvgIpc) is 3.92. The van der Waals surface area contributed by atoms with Gasteiger partial charge in [0.1, 0.15) is 11.2 Å². The molecule has 0 fully saturated rings. The molecule has 0 N–H and O–H groups in total. The molecule has 5 nitrogen and oxygen atoms in total. The number of benzene rings is 7. The standard InChI is InChI=1S/C45H28N4O/c1-4-13-29(14-5-1)34-20-12-22-40-42(34)37-26-24-33(28-41(37)50-40)49-38-21-11-10-19-35(38)36-25-23-32(27-39(36)49)45-47-43(30-15-6-2-7-16-30)46-44(48-45)31-17-8-3-9-18-31/h1-28H/i1D,4D,5D,10D,11D,12D,13D,14D,19D,20D,21D,22D,23D,24D,25D,26D,27D,28D. The van der Waals surface area contributed by atoms with Crippen molar-refractivity contribution in [2.45, 2.75) is 0 Å². The second kappa shape index (κ2) is 11.4. The Balaban J connectivity index is 1.38. The lowest BCUT2D eigenvalue weighted by Gasteiger charge is -2.10. The van der Waals surface area contributed by atoms with Crippen LogP contribution in [0.3, 0.4) is 0 Å². The molecule has 0 saturated carbocycles. The molecule has 3 heterocycles. The van der Waals surface area contributed by atoms with Crippen LogP contribution in [0.4, 0.5) is 0 Å². The number of nitrogens with zero attached hydrogens (tertiary/aromatic N) is 4. The summed E-state index contributed by atoms with van der Waals surface area (Å²) in [5.74, 6) is 0.0325. The van der Waals surface area contributed by atoms with Crippen LogP contribution in [0.15, 0.2) is 174 Å². The van der Waals surface area contributed by atoms with Gasteiger partial charge in [0.15, 0.2) is 17.5 Å². The quantitative estimate of drug-likeness (QED) is 0.185. The Morgan fingerprint density at radius 2 is 1.10 bits per heavy atom. The highest BCUT2D eigenvalue weighted by atomic mass is 16.3. The van der Waals surface area contributed by atoms with Crippen LogP contribution in [0, 0.1) is 0 Å². The zero-order valence-corrected chi connectivity index (χ0v) is 25.5. The number of fused-ring (bicyclic) bond motifs is 6. The molecule has 0 bridgehead atoms. The van der Waals surface area contributed by atoms with Crippen molar-refractivity contribution in [1.29, 1.82) is 0 Å². The lowest BCUT2D eigenvalue weighted by Crippen LogP contribution is -2.00. The van der Waals surface area contributed by atoms with E-state index in [2.05, 4.69) is 15.0 Å². The van der Waals surface area contributed by atoms with Gasteiger partial charge in [0, 0.05) is 50.0 Å². The van der Waals surface area contributed by atoms with E-state index in [1.54, 1.807) is 60.7 Å². The van der Waals surface area contributed by atoms with Crippen molar-refractivity contribution in [1.82, 2.24) is 19.5 Å². The van der Waals surface area contributed by atoms with Crippen molar-refractivity contribution in [3.63, 3.8) is 0 Å². The first kappa shape index (κ1) is 15.6. The molecular formula is C45H28N4O. The Labute approximate surface area is 313 Å². The lowest BCUT2D eigenvalue weighted by molar-refractivity contribution is 0.668. The van der Waals surface area contributed by atoms with Crippen molar-refractivity contribution in [3.8, 4) is 51.0 Å². The fourth-order valence-electron chi connectivity index (χ4n) is 5.88. The molecule has 50 heavy (non-hydrogen) atoms. The summed E-state index contributed by atoms with van der Waals surface area (Å²) < 4.78 is 169. The number of aromatic nitrogens is 4. The molecule has 0 aliphatic rings. The Kier molecular flexibility index (Phi) is 3.55. The van der Waals surface area contributed by atoms with E-state index in [-0.39, 0.29) is 39.2 Å². The predicted octanol–water partition coefficient (Wildman–Crippen LogP) is 11.5. The Morgan fingerprint density at radius 1 is 0.460 bits per heavy atom. The summed E-state index contributed by atoms with van der Waals surface area (Å²) in [7, 11) is 0. The summed E-state index contributed by atoms with van der Waals surface area (Å²) in [5.41, 5.74) is -2.86. The van der Waals surface area contributed by atoms with Crippen LogP contribution in [0.25, 0.3) is 94.7 Å². The minimum atomic E-state index is -0.836. The Hall–Kier alpha value is -6.85. The first-order valence-corrected chi connectivity index (χ1v) is 15.2. The molecule has 0 aliphatic carbocycles. The van der Waals surface area contributed by atoms with Gasteiger partial charge in [0.2, 0.25) is 0 Å². The molecule has 0 radical (unpaired) electrons. The van der Waals surface area contributed by atoms with E-state index >= 15 is 0 Å². The highest BCUT2D eigenvalue weighted by Gasteiger charge is 2.18. The SMILES string of the molecule is [2H]c1c([2H])c([2H])c(-c2c([2H])c([2H])c([2H])c3oc4c([2H])c(-n5c6c([2H])c([2H])c([2H])c([2H])c6c6c([2H])c([2H])c(-c7nc(-c8ccccc8)nc(-c8ccccc8)n7)c([2H])c65)c([2H])c([2H])c4c23)c([2H])c1[2H]. The van der Waals surface area contributed by atoms with Gasteiger partial charge in [-0.05, 0) is 41.3 Å². The molecule has 7 aromatic carbocycles. The summed E-state index contributed by atoms with van der Waals surface area (Å²) >= 11 is 0. The normalized spacial score (nSPS) is 16.6. The van der Waals surface area contributed by atoms with E-state index in [1.165, 1.54) is 0 Å². The molecule has 0 spiro atoms. The summed E-state index contributed by atoms with van der Waals surface area (Å²) in [4.78, 5) is 14.0. The maximum Gasteiger partial charge on any atom is 0.164 e. The number of hydrogen-bond acceptors (Lipinski definition) is 4. The molecule has 0 unspecified atom stereocenters. The van der Waals surface area contributed by atoms with Crippen LogP contribution in [0.2, 0.25) is 0 Å². The van der Waals surface area contributed by atoms with Gasteiger partial charge in [0.25, 0.3) is 0 Å². The van der Waals surface area contributed by atoms with Gasteiger partial charge in [-0.2, -0.15) is 0 Å². The molecule has 3 aromatic heterocycles. The maximum absolute atomic E-state index is 9.89. The number of rotatable bonds is 5. The van der Waals surface area contributed by atoms with Gasteiger partial charge in [0.05, 0.1) is 35.7 Å². The molecule has 10 rings (SSSR count). The van der Waals surface area contributed by atoms with E-state index < -0.39 is 153 Å². The Bertz CT molecular complexity index is 3810. The number of para-hydroxylation sites is 1. The van der Waals surface area contributed by atoms with Crippen LogP contribution in [-0.2, 0) is 0 Å². The van der Waals surface area contributed by atoms with Crippen molar-refractivity contribution < 1.29 is 29.1 Å². The summed E-state index contributed by atoms with van der Waals surface area (Å²) in [5, 5.41) is -1.48. The van der Waals surface area contributed by atoms with Crippen molar-refractivity contribution in [2.24, 2.45) is 0 Å². The minimum Gasteiger partial charge on any atom is -0.456 e. The molecule has 5 heteroatoms.